The van der Waals surface area contributed by atoms with Crippen molar-refractivity contribution in [2.45, 2.75) is 46.0 Å². The highest BCUT2D eigenvalue weighted by molar-refractivity contribution is 5.33. The SMILES string of the molecule is COc1ccccc1CCCC1CCN(CC2C=CC=CC2C(C)C)CC1. The van der Waals surface area contributed by atoms with E-state index in [1.54, 1.807) is 7.11 Å². The fourth-order valence-electron chi connectivity index (χ4n) is 4.82. The smallest absolute Gasteiger partial charge is 0.122 e. The number of ether oxygens (including phenoxy) is 1. The summed E-state index contributed by atoms with van der Waals surface area (Å²) in [5.74, 6) is 4.06. The normalized spacial score (nSPS) is 23.9. The summed E-state index contributed by atoms with van der Waals surface area (Å²) in [6.45, 7) is 8.50. The molecule has 1 aliphatic heterocycles. The number of methoxy groups -OCH3 is 1. The number of nitrogens with zero attached hydrogens (tertiary/aromatic N) is 1. The van der Waals surface area contributed by atoms with E-state index in [2.05, 4.69) is 67.3 Å². The van der Waals surface area contributed by atoms with Gasteiger partial charge in [0.1, 0.15) is 5.75 Å². The van der Waals surface area contributed by atoms with Crippen molar-refractivity contribution < 1.29 is 4.74 Å². The molecule has 1 aliphatic carbocycles. The van der Waals surface area contributed by atoms with Crippen LogP contribution in [-0.4, -0.2) is 31.6 Å². The van der Waals surface area contributed by atoms with Crippen molar-refractivity contribution in [1.29, 1.82) is 0 Å². The fraction of sp³-hybridized carbons (Fsp3) is 0.600. The van der Waals surface area contributed by atoms with Crippen LogP contribution in [0.15, 0.2) is 48.6 Å². The standard InChI is InChI=1S/C25H37NO/c1-20(2)24-13-6-4-11-23(24)19-26-17-15-21(16-18-26)9-8-12-22-10-5-7-14-25(22)27-3/h4-7,10-11,13-14,20-21,23-24H,8-9,12,15-19H2,1-3H3. The molecule has 2 unspecified atom stereocenters. The van der Waals surface area contributed by atoms with Gasteiger partial charge in [-0.3, -0.25) is 0 Å². The molecule has 1 fully saturated rings. The molecular weight excluding hydrogens is 330 g/mol. The zero-order chi connectivity index (χ0) is 19.1. The number of hydrogen-bond acceptors (Lipinski definition) is 2. The van der Waals surface area contributed by atoms with Crippen LogP contribution in [0.2, 0.25) is 0 Å². The van der Waals surface area contributed by atoms with Crippen LogP contribution < -0.4 is 4.74 Å². The van der Waals surface area contributed by atoms with Crippen LogP contribution in [0.5, 0.6) is 5.75 Å². The Labute approximate surface area is 166 Å². The first kappa shape index (κ1) is 20.2. The van der Waals surface area contributed by atoms with E-state index in [4.69, 9.17) is 4.74 Å². The summed E-state index contributed by atoms with van der Waals surface area (Å²) in [4.78, 5) is 2.71. The highest BCUT2D eigenvalue weighted by Crippen LogP contribution is 2.30. The summed E-state index contributed by atoms with van der Waals surface area (Å²) in [5.41, 5.74) is 1.36. The molecule has 0 saturated carbocycles. The number of rotatable bonds is 8. The van der Waals surface area contributed by atoms with Gasteiger partial charge in [0.25, 0.3) is 0 Å². The van der Waals surface area contributed by atoms with Gasteiger partial charge in [0, 0.05) is 6.54 Å². The monoisotopic (exact) mass is 367 g/mol. The predicted octanol–water partition coefficient (Wildman–Crippen LogP) is 5.74. The van der Waals surface area contributed by atoms with Crippen molar-refractivity contribution in [1.82, 2.24) is 4.90 Å². The number of piperidine rings is 1. The van der Waals surface area contributed by atoms with E-state index in [0.29, 0.717) is 11.8 Å². The Balaban J connectivity index is 1.39. The predicted molar refractivity (Wildman–Crippen MR) is 115 cm³/mol. The maximum absolute atomic E-state index is 5.48. The third kappa shape index (κ3) is 5.72. The molecule has 3 rings (SSSR count). The summed E-state index contributed by atoms with van der Waals surface area (Å²) in [6, 6.07) is 8.46. The minimum atomic E-state index is 0.692. The lowest BCUT2D eigenvalue weighted by molar-refractivity contribution is 0.147. The first-order valence-corrected chi connectivity index (χ1v) is 10.9. The Bertz CT molecular complexity index is 625. The average molecular weight is 368 g/mol. The molecule has 1 aromatic carbocycles. The lowest BCUT2D eigenvalue weighted by atomic mass is 9.80. The van der Waals surface area contributed by atoms with E-state index >= 15 is 0 Å². The van der Waals surface area contributed by atoms with Crippen LogP contribution in [0, 0.1) is 23.7 Å². The first-order valence-electron chi connectivity index (χ1n) is 10.9. The Kier molecular flexibility index (Phi) is 7.58. The molecule has 2 heteroatoms. The van der Waals surface area contributed by atoms with Crippen LogP contribution in [0.1, 0.15) is 45.1 Å². The van der Waals surface area contributed by atoms with E-state index in [0.717, 1.165) is 24.0 Å². The van der Waals surface area contributed by atoms with Crippen LogP contribution in [-0.2, 0) is 6.42 Å². The number of likely N-dealkylation sites (tertiary alicyclic amines) is 1. The van der Waals surface area contributed by atoms with Gasteiger partial charge in [0.2, 0.25) is 0 Å². The molecule has 0 radical (unpaired) electrons. The van der Waals surface area contributed by atoms with Crippen molar-refractivity contribution in [3.8, 4) is 5.75 Å². The van der Waals surface area contributed by atoms with Gasteiger partial charge in [-0.25, -0.2) is 0 Å². The summed E-state index contributed by atoms with van der Waals surface area (Å²) in [7, 11) is 1.77. The highest BCUT2D eigenvalue weighted by Gasteiger charge is 2.26. The van der Waals surface area contributed by atoms with E-state index in [1.165, 1.54) is 50.9 Å². The molecule has 0 bridgehead atoms. The molecule has 0 aromatic heterocycles. The number of benzene rings is 1. The Morgan fingerprint density at radius 2 is 1.81 bits per heavy atom. The lowest BCUT2D eigenvalue weighted by Gasteiger charge is -2.37. The van der Waals surface area contributed by atoms with Gasteiger partial charge in [-0.2, -0.15) is 0 Å². The third-order valence-electron chi connectivity index (χ3n) is 6.49. The van der Waals surface area contributed by atoms with Gasteiger partial charge in [-0.05, 0) is 74.1 Å². The summed E-state index contributed by atoms with van der Waals surface area (Å²) < 4.78 is 5.48. The number of aryl methyl sites for hydroxylation is 1. The summed E-state index contributed by atoms with van der Waals surface area (Å²) in [6.07, 6.45) is 15.8. The van der Waals surface area contributed by atoms with Gasteiger partial charge in [-0.15, -0.1) is 0 Å². The number of hydrogen-bond donors (Lipinski definition) is 0. The molecule has 2 aliphatic rings. The molecule has 1 heterocycles. The molecule has 148 valence electrons. The van der Waals surface area contributed by atoms with Crippen LogP contribution >= 0.6 is 0 Å². The molecule has 1 aromatic rings. The van der Waals surface area contributed by atoms with E-state index in [1.807, 2.05) is 0 Å². The first-order chi connectivity index (χ1) is 13.2. The Morgan fingerprint density at radius 3 is 2.56 bits per heavy atom. The van der Waals surface area contributed by atoms with E-state index in [-0.39, 0.29) is 0 Å². The second-order valence-electron chi connectivity index (χ2n) is 8.70. The summed E-state index contributed by atoms with van der Waals surface area (Å²) in [5, 5.41) is 0. The third-order valence-corrected chi connectivity index (χ3v) is 6.49. The molecule has 0 amide bonds. The van der Waals surface area contributed by atoms with Crippen molar-refractivity contribution in [2.24, 2.45) is 23.7 Å². The van der Waals surface area contributed by atoms with Crippen LogP contribution in [0.3, 0.4) is 0 Å². The number of allylic oxidation sites excluding steroid dienone is 3. The maximum atomic E-state index is 5.48. The van der Waals surface area contributed by atoms with Crippen LogP contribution in [0.25, 0.3) is 0 Å². The van der Waals surface area contributed by atoms with Crippen molar-refractivity contribution in [2.75, 3.05) is 26.7 Å². The van der Waals surface area contributed by atoms with Gasteiger partial charge in [-0.1, -0.05) is 62.8 Å². The molecule has 0 spiro atoms. The van der Waals surface area contributed by atoms with E-state index in [9.17, 15) is 0 Å². The zero-order valence-electron chi connectivity index (χ0n) is 17.4. The molecule has 27 heavy (non-hydrogen) atoms. The fourth-order valence-corrected chi connectivity index (χ4v) is 4.82. The molecule has 2 atom stereocenters. The van der Waals surface area contributed by atoms with Gasteiger partial charge < -0.3 is 9.64 Å². The molecular formula is C25H37NO. The molecule has 1 saturated heterocycles. The Hall–Kier alpha value is -1.54. The van der Waals surface area contributed by atoms with E-state index < -0.39 is 0 Å². The van der Waals surface area contributed by atoms with Gasteiger partial charge >= 0.3 is 0 Å². The number of para-hydroxylation sites is 1. The van der Waals surface area contributed by atoms with Gasteiger partial charge in [0.15, 0.2) is 0 Å². The largest absolute Gasteiger partial charge is 0.496 e. The quantitative estimate of drug-likeness (QED) is 0.580. The second kappa shape index (κ2) is 10.1. The minimum absolute atomic E-state index is 0.692. The molecule has 2 nitrogen and oxygen atoms in total. The topological polar surface area (TPSA) is 12.5 Å². The zero-order valence-corrected chi connectivity index (χ0v) is 17.4. The summed E-state index contributed by atoms with van der Waals surface area (Å²) >= 11 is 0. The lowest BCUT2D eigenvalue weighted by Crippen LogP contribution is -2.39. The van der Waals surface area contributed by atoms with Crippen molar-refractivity contribution >= 4 is 0 Å². The molecule has 0 N–H and O–H groups in total. The second-order valence-corrected chi connectivity index (χ2v) is 8.70. The maximum Gasteiger partial charge on any atom is 0.122 e. The minimum Gasteiger partial charge on any atom is -0.496 e. The van der Waals surface area contributed by atoms with Crippen LogP contribution in [0.4, 0.5) is 0 Å². The highest BCUT2D eigenvalue weighted by atomic mass is 16.5. The van der Waals surface area contributed by atoms with Gasteiger partial charge in [0.05, 0.1) is 7.11 Å². The average Bonchev–Trinajstić information content (AvgIpc) is 2.70. The Morgan fingerprint density at radius 1 is 1.07 bits per heavy atom. The van der Waals surface area contributed by atoms with Crippen molar-refractivity contribution in [3.05, 3.63) is 54.1 Å². The van der Waals surface area contributed by atoms with Crippen molar-refractivity contribution in [3.63, 3.8) is 0 Å².